The van der Waals surface area contributed by atoms with Crippen LogP contribution in [0.3, 0.4) is 0 Å². The molecule has 0 unspecified atom stereocenters. The number of allylic oxidation sites excluding steroid dienone is 2. The first-order valence-corrected chi connectivity index (χ1v) is 32.8. The van der Waals surface area contributed by atoms with E-state index in [1.54, 1.807) is 6.21 Å². The summed E-state index contributed by atoms with van der Waals surface area (Å²) in [4.78, 5) is 69.3. The third-order valence-corrected chi connectivity index (χ3v) is 15.9. The van der Waals surface area contributed by atoms with Gasteiger partial charge >= 0.3 is 0 Å². The summed E-state index contributed by atoms with van der Waals surface area (Å²) in [6.07, 6.45) is 16.6. The highest BCUT2D eigenvalue weighted by molar-refractivity contribution is 6.02. The number of benzene rings is 4. The highest BCUT2D eigenvalue weighted by Crippen LogP contribution is 2.43. The Balaban J connectivity index is 0.000000723. The monoisotopic (exact) mass is 1290 g/mol. The largest absolute Gasteiger partial charge is 0.483 e. The molecule has 1 atom stereocenters. The maximum Gasteiger partial charge on any atom is 0.257 e. The average molecular weight is 1290 g/mol. The minimum Gasteiger partial charge on any atom is -0.483 e. The Bertz CT molecular complexity index is 3290. The number of halogens is 1. The third kappa shape index (κ3) is 28.0. The number of carbonyl (C=O) groups excluding carboxylic acids is 5. The lowest BCUT2D eigenvalue weighted by Gasteiger charge is -2.31. The quantitative estimate of drug-likeness (QED) is 0.00855. The summed E-state index contributed by atoms with van der Waals surface area (Å²) in [5.41, 5.74) is 13.5. The van der Waals surface area contributed by atoms with Gasteiger partial charge in [-0.15, -0.1) is 0 Å². The number of aliphatic hydroxyl groups excluding tert-OH is 2. The summed E-state index contributed by atoms with van der Waals surface area (Å²) in [5, 5.41) is 36.3. The van der Waals surface area contributed by atoms with Gasteiger partial charge in [-0.3, -0.25) is 24.2 Å². The molecular formula is C75H103FN10O8. The number of nitrogens with zero attached hydrogens (tertiary/aromatic N) is 5. The summed E-state index contributed by atoms with van der Waals surface area (Å²) in [5.74, 6) is 7.63. The second-order valence-electron chi connectivity index (χ2n) is 24.9. The average Bonchev–Trinajstić information content (AvgIpc) is 1.66. The van der Waals surface area contributed by atoms with Gasteiger partial charge in [-0.2, -0.15) is 0 Å². The van der Waals surface area contributed by atoms with Crippen LogP contribution in [0.15, 0.2) is 119 Å². The minimum absolute atomic E-state index is 0.0133. The highest BCUT2D eigenvalue weighted by atomic mass is 19.1. The molecule has 2 saturated carbocycles. The number of alkyl halides is 1. The van der Waals surface area contributed by atoms with Gasteiger partial charge in [0.25, 0.3) is 5.91 Å². The van der Waals surface area contributed by atoms with Crippen LogP contribution in [-0.2, 0) is 37.1 Å². The fourth-order valence-corrected chi connectivity index (χ4v) is 10.3. The van der Waals surface area contributed by atoms with Gasteiger partial charge in [-0.05, 0) is 157 Å². The predicted octanol–water partition coefficient (Wildman–Crippen LogP) is 11.4. The molecule has 8 N–H and O–H groups in total. The van der Waals surface area contributed by atoms with E-state index < -0.39 is 5.67 Å². The van der Waals surface area contributed by atoms with Gasteiger partial charge in [0.1, 0.15) is 17.9 Å². The number of unbranched alkanes of at least 4 members (excludes halogenated alkanes) is 3. The molecule has 3 fully saturated rings. The van der Waals surface area contributed by atoms with E-state index in [0.29, 0.717) is 88.8 Å². The molecule has 1 aliphatic heterocycles. The number of amides is 3. The van der Waals surface area contributed by atoms with Gasteiger partial charge in [0.2, 0.25) is 12.3 Å². The maximum absolute atomic E-state index is 12.6. The van der Waals surface area contributed by atoms with Crippen molar-refractivity contribution in [3.63, 3.8) is 0 Å². The normalized spacial score (nSPS) is 16.5. The number of hydrogen-bond donors (Lipinski definition) is 7. The number of ether oxygens (including phenoxy) is 1. The zero-order valence-electron chi connectivity index (χ0n) is 56.9. The lowest BCUT2D eigenvalue weighted by molar-refractivity contribution is -0.123. The van der Waals surface area contributed by atoms with Crippen molar-refractivity contribution in [1.82, 2.24) is 30.3 Å². The zero-order chi connectivity index (χ0) is 68.9. The van der Waals surface area contributed by atoms with Crippen LogP contribution in [0.1, 0.15) is 159 Å². The molecule has 18 nitrogen and oxygen atoms in total. The van der Waals surface area contributed by atoms with E-state index in [1.165, 1.54) is 13.3 Å². The number of likely N-dealkylation sites (N-methyl/N-ethyl adjacent to an activating group) is 1. The fraction of sp³-hybridized carbons (Fsp3) is 0.467. The molecule has 8 rings (SSSR count). The van der Waals surface area contributed by atoms with Crippen LogP contribution in [0.25, 0.3) is 28.0 Å². The molecular weight excluding hydrogens is 1190 g/mol. The molecule has 19 heteroatoms. The summed E-state index contributed by atoms with van der Waals surface area (Å²) in [6, 6.07) is 34.8. The van der Waals surface area contributed by atoms with Gasteiger partial charge < -0.3 is 61.2 Å². The Hall–Kier alpha value is -8.41. The topological polar surface area (TPSA) is 257 Å². The smallest absolute Gasteiger partial charge is 0.257 e. The lowest BCUT2D eigenvalue weighted by Crippen LogP contribution is -2.35. The molecule has 0 radical (unpaired) electrons. The van der Waals surface area contributed by atoms with Crippen molar-refractivity contribution < 1.29 is 43.3 Å². The predicted molar refractivity (Wildman–Crippen MR) is 378 cm³/mol. The Morgan fingerprint density at radius 2 is 1.51 bits per heavy atom. The minimum atomic E-state index is -1.39. The van der Waals surface area contributed by atoms with E-state index in [2.05, 4.69) is 89.3 Å². The van der Waals surface area contributed by atoms with Crippen molar-refractivity contribution in [2.45, 2.75) is 168 Å². The van der Waals surface area contributed by atoms with Crippen LogP contribution in [0, 0.1) is 22.7 Å². The van der Waals surface area contributed by atoms with E-state index in [0.717, 1.165) is 126 Å². The molecule has 1 saturated heterocycles. The molecule has 0 spiro atoms. The standard InChI is InChI=1S/C59H70N8O5.C6H12O.C5H11NO.C4H5FO.CH5N/c1-5-62-44(3)43(2)49-27-28-50(38-61-42-68)54(36-49)72-40-56(71)64-34-17-15-26-55(70)63-33-16-7-6-10-19-45-20-18-21-46(35-45)39-67-58(48-24-13-9-14-25-48)57(47-22-11-8-12-23-47)53(37-60)59(67)65-41-66(4)51-29-31-52(69)32-30-51;1-6(2,3)4-5-7;1-6-3-2-5(7)4-6;5-4(3-6)1-2-4;1-2/h5,8-9,11-14,18,20-25,27-28,35-37,41-42,51-52,60,69H,6-7,15-17,26,29-34,38-40H2,1-4H3,(H,61,68)(H,63,70)(H,64,71);5H,4H2,1-3H3;5,7H,2-4H2,1H3;3H,1-2H2;2H2,1H3/b44-43+,60-37?,62-5?,65-41-;;;;/t;;5-;;/m..1../s1. The van der Waals surface area contributed by atoms with Crippen molar-refractivity contribution in [2.24, 2.45) is 21.1 Å². The molecule has 2 heterocycles. The number of aromatic nitrogens is 1. The van der Waals surface area contributed by atoms with Gasteiger partial charge in [0.05, 0.1) is 24.2 Å². The Morgan fingerprint density at radius 1 is 0.851 bits per heavy atom. The van der Waals surface area contributed by atoms with E-state index >= 15 is 0 Å². The van der Waals surface area contributed by atoms with Crippen LogP contribution >= 0.6 is 0 Å². The van der Waals surface area contributed by atoms with E-state index in [9.17, 15) is 33.5 Å². The second-order valence-corrected chi connectivity index (χ2v) is 24.9. The zero-order valence-corrected chi connectivity index (χ0v) is 56.9. The van der Waals surface area contributed by atoms with E-state index in [4.69, 9.17) is 20.2 Å². The van der Waals surface area contributed by atoms with E-state index in [1.807, 2.05) is 129 Å². The van der Waals surface area contributed by atoms with Crippen LogP contribution in [-0.4, -0.2) is 152 Å². The molecule has 3 amide bonds. The van der Waals surface area contributed by atoms with Gasteiger partial charge in [0.15, 0.2) is 18.6 Å². The first kappa shape index (κ1) is 78.0. The molecule has 508 valence electrons. The second kappa shape index (κ2) is 42.0. The lowest BCUT2D eigenvalue weighted by atomic mass is 9.92. The van der Waals surface area contributed by atoms with Crippen LogP contribution in [0.4, 0.5) is 10.2 Å². The highest BCUT2D eigenvalue weighted by Gasteiger charge is 2.42. The van der Waals surface area contributed by atoms with Crippen LogP contribution < -0.4 is 26.4 Å². The SMILES string of the molecule is CC(C)(C)CC=O.CC=N/C(C)=C(\C)c1ccc(CNC=O)c(OCC(=O)NCCCCC(=O)NCCCCC#Cc2cccc(Cn3c(/N=C\N(C)C4CCC(O)CC4)c(C=N)c(-c4ccccc4)c3-c3ccccc3)c2)c1.CN.CN1CC[C@@H](O)C1.O=CC1(F)CC1. The van der Waals surface area contributed by atoms with E-state index in [-0.39, 0.29) is 48.6 Å². The Morgan fingerprint density at radius 3 is 2.06 bits per heavy atom. The number of hydrogen-bond acceptors (Lipinski definition) is 13. The summed E-state index contributed by atoms with van der Waals surface area (Å²) >= 11 is 0. The molecule has 5 aromatic rings. The Kier molecular flexibility index (Phi) is 34.9. The van der Waals surface area contributed by atoms with Gasteiger partial charge in [0, 0.05) is 112 Å². The third-order valence-electron chi connectivity index (χ3n) is 15.9. The number of rotatable bonds is 27. The number of β-amino-alcohol motifs (C(OH)–C–C–N with tert-alkyl or cyclic N) is 1. The molecule has 4 aromatic carbocycles. The number of nitrogens with two attached hydrogens (primary N) is 1. The van der Waals surface area contributed by atoms with Gasteiger partial charge in [-0.25, -0.2) is 9.38 Å². The van der Waals surface area contributed by atoms with Crippen molar-refractivity contribution in [3.05, 3.63) is 137 Å². The summed E-state index contributed by atoms with van der Waals surface area (Å²) < 4.78 is 20.0. The maximum atomic E-state index is 12.6. The number of carbonyl (C=O) groups is 5. The summed E-state index contributed by atoms with van der Waals surface area (Å²) in [6.45, 7) is 15.4. The van der Waals surface area contributed by atoms with Crippen LogP contribution in [0.2, 0.25) is 0 Å². The number of nitrogens with one attached hydrogen (secondary N) is 4. The van der Waals surface area contributed by atoms with Crippen LogP contribution in [0.5, 0.6) is 5.75 Å². The first-order chi connectivity index (χ1) is 45.2. The number of aliphatic imine (C=N–C) groups is 2. The molecule has 1 aromatic heterocycles. The molecule has 94 heavy (non-hydrogen) atoms. The van der Waals surface area contributed by atoms with Crippen molar-refractivity contribution in [2.75, 3.05) is 53.9 Å². The molecule has 0 bridgehead atoms. The van der Waals surface area contributed by atoms with Crippen molar-refractivity contribution >= 4 is 61.0 Å². The fourth-order valence-electron chi connectivity index (χ4n) is 10.3. The van der Waals surface area contributed by atoms with Crippen molar-refractivity contribution in [1.29, 1.82) is 5.41 Å². The number of likely N-dealkylation sites (tertiary alicyclic amines) is 1. The first-order valence-electron chi connectivity index (χ1n) is 32.8. The van der Waals surface area contributed by atoms with Gasteiger partial charge in [-0.1, -0.05) is 118 Å². The molecule has 3 aliphatic rings. The number of aldehydes is 2. The van der Waals surface area contributed by atoms with Crippen molar-refractivity contribution in [3.8, 4) is 40.0 Å². The Labute approximate surface area is 557 Å². The number of aliphatic hydroxyl groups is 2. The summed E-state index contributed by atoms with van der Waals surface area (Å²) in [7, 11) is 5.57. The molecule has 2 aliphatic carbocycles.